The molecule has 17 heavy (non-hydrogen) atoms. The molecule has 1 aromatic carbocycles. The highest BCUT2D eigenvalue weighted by Crippen LogP contribution is 2.40. The van der Waals surface area contributed by atoms with E-state index in [1.165, 1.54) is 6.42 Å². The zero-order chi connectivity index (χ0) is 12.1. The Kier molecular flexibility index (Phi) is 4.06. The number of hydrogen-bond donors (Lipinski definition) is 0. The lowest BCUT2D eigenvalue weighted by Gasteiger charge is -2.35. The van der Waals surface area contributed by atoms with Crippen molar-refractivity contribution < 1.29 is 9.53 Å². The van der Waals surface area contributed by atoms with Crippen LogP contribution in [0, 0.1) is 0 Å². The van der Waals surface area contributed by atoms with Crippen molar-refractivity contribution in [1.29, 1.82) is 0 Å². The molecule has 1 fully saturated rings. The van der Waals surface area contributed by atoms with Crippen molar-refractivity contribution in [1.82, 2.24) is 0 Å². The van der Waals surface area contributed by atoms with Gasteiger partial charge in [0.15, 0.2) is 6.07 Å². The zero-order valence-electron chi connectivity index (χ0n) is 9.82. The zero-order valence-corrected chi connectivity index (χ0v) is 10.6. The Hall–Kier alpha value is -1.02. The molecular formula is C14H17ClO2. The second kappa shape index (κ2) is 5.54. The van der Waals surface area contributed by atoms with E-state index in [-0.39, 0.29) is 12.0 Å². The van der Waals surface area contributed by atoms with Crippen molar-refractivity contribution in [3.05, 3.63) is 35.9 Å². The molecule has 0 amide bonds. The van der Waals surface area contributed by atoms with Crippen LogP contribution >= 0.6 is 11.6 Å². The predicted octanol–water partition coefficient (Wildman–Crippen LogP) is 3.63. The van der Waals surface area contributed by atoms with Crippen molar-refractivity contribution in [2.75, 3.05) is 6.07 Å². The third-order valence-electron chi connectivity index (χ3n) is 3.61. The molecule has 0 aliphatic heterocycles. The van der Waals surface area contributed by atoms with E-state index in [9.17, 15) is 4.79 Å². The van der Waals surface area contributed by atoms with Gasteiger partial charge >= 0.3 is 5.97 Å². The van der Waals surface area contributed by atoms with Gasteiger partial charge in [-0.15, -0.1) is 0 Å². The van der Waals surface area contributed by atoms with Crippen LogP contribution in [0.4, 0.5) is 0 Å². The average molecular weight is 253 g/mol. The van der Waals surface area contributed by atoms with Gasteiger partial charge in [0.1, 0.15) is 0 Å². The second-order valence-corrected chi connectivity index (χ2v) is 4.77. The maximum atomic E-state index is 12.2. The molecule has 1 aromatic rings. The molecule has 2 rings (SSSR count). The number of alkyl halides is 1. The van der Waals surface area contributed by atoms with Gasteiger partial charge in [0.2, 0.25) is 0 Å². The molecule has 1 saturated carbocycles. The molecule has 1 aliphatic carbocycles. The maximum Gasteiger partial charge on any atom is 0.317 e. The third kappa shape index (κ3) is 2.47. The number of rotatable bonds is 3. The van der Waals surface area contributed by atoms with Gasteiger partial charge in [-0.2, -0.15) is 0 Å². The highest BCUT2D eigenvalue weighted by Gasteiger charge is 2.42. The van der Waals surface area contributed by atoms with E-state index >= 15 is 0 Å². The van der Waals surface area contributed by atoms with Crippen LogP contribution in [-0.4, -0.2) is 12.0 Å². The lowest BCUT2D eigenvalue weighted by Crippen LogP contribution is -2.39. The summed E-state index contributed by atoms with van der Waals surface area (Å²) < 4.78 is 5.07. The summed E-state index contributed by atoms with van der Waals surface area (Å²) in [6.07, 6.45) is 5.08. The van der Waals surface area contributed by atoms with E-state index in [0.717, 1.165) is 31.2 Å². The highest BCUT2D eigenvalue weighted by molar-refractivity contribution is 6.17. The largest absolute Gasteiger partial charge is 0.449 e. The molecule has 0 N–H and O–H groups in total. The fourth-order valence-electron chi connectivity index (χ4n) is 2.71. The van der Waals surface area contributed by atoms with Crippen LogP contribution in [0.1, 0.15) is 37.7 Å². The lowest BCUT2D eigenvalue weighted by atomic mass is 9.69. The van der Waals surface area contributed by atoms with E-state index in [2.05, 4.69) is 0 Å². The summed E-state index contributed by atoms with van der Waals surface area (Å²) in [6, 6.07) is 9.88. The van der Waals surface area contributed by atoms with Gasteiger partial charge in [0, 0.05) is 0 Å². The van der Waals surface area contributed by atoms with Crippen LogP contribution < -0.4 is 0 Å². The Balaban J connectivity index is 2.33. The first-order valence-corrected chi connectivity index (χ1v) is 6.62. The monoisotopic (exact) mass is 252 g/mol. The first-order valence-electron chi connectivity index (χ1n) is 6.08. The molecule has 0 bridgehead atoms. The first-order chi connectivity index (χ1) is 8.29. The summed E-state index contributed by atoms with van der Waals surface area (Å²) in [4.78, 5) is 12.2. The summed E-state index contributed by atoms with van der Waals surface area (Å²) in [5, 5.41) is 0. The summed E-state index contributed by atoms with van der Waals surface area (Å²) in [6.45, 7) is 0. The van der Waals surface area contributed by atoms with Gasteiger partial charge in [-0.3, -0.25) is 4.79 Å². The summed E-state index contributed by atoms with van der Waals surface area (Å²) in [5.41, 5.74) is 0.601. The normalized spacial score (nSPS) is 18.6. The Morgan fingerprint density at radius 2 is 1.82 bits per heavy atom. The summed E-state index contributed by atoms with van der Waals surface area (Å²) >= 11 is 5.52. The first kappa shape index (κ1) is 12.4. The van der Waals surface area contributed by atoms with Crippen LogP contribution in [0.5, 0.6) is 0 Å². The number of benzene rings is 1. The van der Waals surface area contributed by atoms with Crippen LogP contribution in [0.15, 0.2) is 30.3 Å². The topological polar surface area (TPSA) is 26.3 Å². The minimum atomic E-state index is -0.464. The van der Waals surface area contributed by atoms with Crippen molar-refractivity contribution in [3.8, 4) is 0 Å². The molecule has 0 atom stereocenters. The van der Waals surface area contributed by atoms with Crippen LogP contribution in [0.2, 0.25) is 0 Å². The fourth-order valence-corrected chi connectivity index (χ4v) is 2.81. The molecule has 2 nitrogen and oxygen atoms in total. The molecule has 92 valence electrons. The number of esters is 1. The lowest BCUT2D eigenvalue weighted by molar-refractivity contribution is -0.150. The third-order valence-corrected chi connectivity index (χ3v) is 3.72. The molecular weight excluding hydrogens is 236 g/mol. The van der Waals surface area contributed by atoms with Gasteiger partial charge < -0.3 is 4.74 Å². The number of ether oxygens (including phenoxy) is 1. The van der Waals surface area contributed by atoms with Crippen molar-refractivity contribution in [2.45, 2.75) is 37.5 Å². The maximum absolute atomic E-state index is 12.2. The molecule has 0 unspecified atom stereocenters. The SMILES string of the molecule is O=C(OCCl)C1(c2ccccc2)CCCCC1. The summed E-state index contributed by atoms with van der Waals surface area (Å²) in [7, 11) is 0. The molecule has 0 spiro atoms. The number of carbonyl (C=O) groups excluding carboxylic acids is 1. The molecule has 0 aromatic heterocycles. The van der Waals surface area contributed by atoms with Gasteiger partial charge in [-0.1, -0.05) is 61.2 Å². The van der Waals surface area contributed by atoms with E-state index in [4.69, 9.17) is 16.3 Å². The van der Waals surface area contributed by atoms with Gasteiger partial charge in [0.05, 0.1) is 5.41 Å². The smallest absolute Gasteiger partial charge is 0.317 e. The van der Waals surface area contributed by atoms with Crippen LogP contribution in [-0.2, 0) is 14.9 Å². The molecule has 1 aliphatic rings. The fraction of sp³-hybridized carbons (Fsp3) is 0.500. The van der Waals surface area contributed by atoms with Crippen molar-refractivity contribution in [3.63, 3.8) is 0 Å². The minimum Gasteiger partial charge on any atom is -0.449 e. The van der Waals surface area contributed by atoms with Crippen LogP contribution in [0.3, 0.4) is 0 Å². The van der Waals surface area contributed by atoms with E-state index in [0.29, 0.717) is 0 Å². The van der Waals surface area contributed by atoms with Crippen LogP contribution in [0.25, 0.3) is 0 Å². The molecule has 0 saturated heterocycles. The van der Waals surface area contributed by atoms with Gasteiger partial charge in [-0.25, -0.2) is 0 Å². The van der Waals surface area contributed by atoms with E-state index in [1.54, 1.807) is 0 Å². The Bertz CT molecular complexity index is 369. The van der Waals surface area contributed by atoms with Gasteiger partial charge in [-0.05, 0) is 18.4 Å². The average Bonchev–Trinajstić information content (AvgIpc) is 2.41. The van der Waals surface area contributed by atoms with E-state index < -0.39 is 5.41 Å². The van der Waals surface area contributed by atoms with Crippen molar-refractivity contribution in [2.24, 2.45) is 0 Å². The minimum absolute atomic E-state index is 0.0621. The van der Waals surface area contributed by atoms with E-state index in [1.807, 2.05) is 30.3 Å². The highest BCUT2D eigenvalue weighted by atomic mass is 35.5. The molecule has 3 heteroatoms. The number of hydrogen-bond acceptors (Lipinski definition) is 2. The molecule has 0 heterocycles. The predicted molar refractivity (Wildman–Crippen MR) is 68.0 cm³/mol. The number of carbonyl (C=O) groups is 1. The van der Waals surface area contributed by atoms with Gasteiger partial charge in [0.25, 0.3) is 0 Å². The Morgan fingerprint density at radius 1 is 1.18 bits per heavy atom. The quantitative estimate of drug-likeness (QED) is 0.607. The second-order valence-electron chi connectivity index (χ2n) is 4.55. The Labute approximate surface area is 107 Å². The van der Waals surface area contributed by atoms with Crippen molar-refractivity contribution >= 4 is 17.6 Å². The standard InChI is InChI=1S/C14H17ClO2/c15-11-17-13(16)14(9-5-2-6-10-14)12-7-3-1-4-8-12/h1,3-4,7-8H,2,5-6,9-11H2. The number of halogens is 1. The molecule has 0 radical (unpaired) electrons. The Morgan fingerprint density at radius 3 is 2.41 bits per heavy atom. The summed E-state index contributed by atoms with van der Waals surface area (Å²) in [5.74, 6) is -0.168.